The Morgan fingerprint density at radius 2 is 1.23 bits per heavy atom. The summed E-state index contributed by atoms with van der Waals surface area (Å²) in [5.74, 6) is 0.195. The quantitative estimate of drug-likeness (QED) is 0.505. The molecule has 6 heteroatoms. The third-order valence-corrected chi connectivity index (χ3v) is 3.80. The van der Waals surface area contributed by atoms with Crippen molar-refractivity contribution in [2.45, 2.75) is 33.1 Å². The van der Waals surface area contributed by atoms with Crippen LogP contribution in [0.2, 0.25) is 0 Å². The maximum absolute atomic E-state index is 11.0. The normalized spacial score (nSPS) is 10.8. The first-order valence-corrected chi connectivity index (χ1v) is 8.04. The van der Waals surface area contributed by atoms with E-state index in [2.05, 4.69) is 11.9 Å². The summed E-state index contributed by atoms with van der Waals surface area (Å²) < 4.78 is 5.53. The van der Waals surface area contributed by atoms with E-state index in [1.165, 1.54) is 0 Å². The number of carbonyl (C=O) groups is 2. The topological polar surface area (TPSA) is 53.1 Å². The molecule has 0 unspecified atom stereocenters. The molecule has 0 fully saturated rings. The molecule has 0 rings (SSSR count). The molecule has 0 heterocycles. The van der Waals surface area contributed by atoms with Crippen LogP contribution in [0.5, 0.6) is 0 Å². The van der Waals surface area contributed by atoms with Gasteiger partial charge in [0.2, 0.25) is 11.8 Å². The van der Waals surface area contributed by atoms with Crippen molar-refractivity contribution < 1.29 is 14.3 Å². The highest BCUT2D eigenvalue weighted by atomic mass is 16.5. The first kappa shape index (κ1) is 20.9. The number of likely N-dealkylation sites (N-methyl/N-ethyl adjacent to an activating group) is 2. The van der Waals surface area contributed by atoms with E-state index in [1.807, 2.05) is 7.05 Å². The molecule has 0 saturated carbocycles. The fraction of sp³-hybridized carbons (Fsp3) is 0.875. The van der Waals surface area contributed by atoms with Crippen LogP contribution < -0.4 is 0 Å². The first-order valence-electron chi connectivity index (χ1n) is 8.04. The van der Waals surface area contributed by atoms with Gasteiger partial charge < -0.3 is 19.4 Å². The average molecular weight is 315 g/mol. The van der Waals surface area contributed by atoms with Crippen molar-refractivity contribution >= 4 is 11.8 Å². The average Bonchev–Trinajstić information content (AvgIpc) is 2.45. The lowest BCUT2D eigenvalue weighted by Crippen LogP contribution is -2.29. The third kappa shape index (κ3) is 11.5. The molecule has 0 spiro atoms. The van der Waals surface area contributed by atoms with E-state index in [4.69, 9.17) is 4.74 Å². The SMILES string of the molecule is CC(=O)N(C)CCCCCN(C)CCOCCN(C)C(C)=O. The number of nitrogens with zero attached hydrogens (tertiary/aromatic N) is 3. The number of rotatable bonds is 12. The van der Waals surface area contributed by atoms with Gasteiger partial charge in [-0.25, -0.2) is 0 Å². The van der Waals surface area contributed by atoms with Gasteiger partial charge in [-0.2, -0.15) is 0 Å². The minimum Gasteiger partial charge on any atom is -0.378 e. The predicted molar refractivity (Wildman–Crippen MR) is 88.8 cm³/mol. The summed E-state index contributed by atoms with van der Waals surface area (Å²) in [6.45, 7) is 7.85. The van der Waals surface area contributed by atoms with Crippen LogP contribution in [-0.4, -0.2) is 87.0 Å². The molecule has 2 amide bonds. The molecule has 0 aromatic heterocycles. The van der Waals surface area contributed by atoms with Gasteiger partial charge in [-0.05, 0) is 26.4 Å². The van der Waals surface area contributed by atoms with E-state index < -0.39 is 0 Å². The molecular formula is C16H33N3O3. The van der Waals surface area contributed by atoms with Crippen LogP contribution in [0.3, 0.4) is 0 Å². The first-order chi connectivity index (χ1) is 10.3. The molecular weight excluding hydrogens is 282 g/mol. The van der Waals surface area contributed by atoms with Crippen LogP contribution in [0, 0.1) is 0 Å². The number of amides is 2. The summed E-state index contributed by atoms with van der Waals surface area (Å²) >= 11 is 0. The Morgan fingerprint density at radius 3 is 1.82 bits per heavy atom. The Hall–Kier alpha value is -1.14. The molecule has 0 aliphatic rings. The van der Waals surface area contributed by atoms with Crippen LogP contribution in [0.1, 0.15) is 33.1 Å². The molecule has 0 aromatic carbocycles. The molecule has 6 nitrogen and oxygen atoms in total. The highest BCUT2D eigenvalue weighted by Crippen LogP contribution is 1.99. The Bertz CT molecular complexity index is 294. The van der Waals surface area contributed by atoms with Crippen molar-refractivity contribution in [3.63, 3.8) is 0 Å². The Labute approximate surface area is 135 Å². The molecule has 130 valence electrons. The van der Waals surface area contributed by atoms with Crippen molar-refractivity contribution in [2.24, 2.45) is 0 Å². The van der Waals surface area contributed by atoms with Gasteiger partial charge in [-0.1, -0.05) is 6.42 Å². The van der Waals surface area contributed by atoms with Crippen LogP contribution in [0.25, 0.3) is 0 Å². The number of unbranched alkanes of at least 4 members (excludes halogenated alkanes) is 2. The van der Waals surface area contributed by atoms with Crippen LogP contribution in [0.15, 0.2) is 0 Å². The molecule has 0 aliphatic heterocycles. The van der Waals surface area contributed by atoms with Gasteiger partial charge in [0.05, 0.1) is 13.2 Å². The van der Waals surface area contributed by atoms with E-state index in [9.17, 15) is 9.59 Å². The van der Waals surface area contributed by atoms with E-state index in [-0.39, 0.29) is 11.8 Å². The summed E-state index contributed by atoms with van der Waals surface area (Å²) in [6.07, 6.45) is 3.32. The molecule has 0 aromatic rings. The summed E-state index contributed by atoms with van der Waals surface area (Å²) in [7, 11) is 5.71. The van der Waals surface area contributed by atoms with E-state index in [1.54, 1.807) is 30.7 Å². The molecule has 0 radical (unpaired) electrons. The highest BCUT2D eigenvalue weighted by molar-refractivity contribution is 5.73. The summed E-state index contributed by atoms with van der Waals surface area (Å²) in [6, 6.07) is 0. The Morgan fingerprint density at radius 1 is 0.727 bits per heavy atom. The number of carbonyl (C=O) groups excluding carboxylic acids is 2. The van der Waals surface area contributed by atoms with E-state index in [0.717, 1.165) is 38.9 Å². The molecule has 0 bridgehead atoms. The smallest absolute Gasteiger partial charge is 0.219 e. The van der Waals surface area contributed by atoms with Crippen molar-refractivity contribution in [1.82, 2.24) is 14.7 Å². The minimum absolute atomic E-state index is 0.0659. The summed E-state index contributed by atoms with van der Waals surface area (Å²) in [5, 5.41) is 0. The van der Waals surface area contributed by atoms with Gasteiger partial charge in [-0.3, -0.25) is 9.59 Å². The summed E-state index contributed by atoms with van der Waals surface area (Å²) in [4.78, 5) is 27.7. The number of hydrogen-bond acceptors (Lipinski definition) is 4. The van der Waals surface area contributed by atoms with E-state index >= 15 is 0 Å². The lowest BCUT2D eigenvalue weighted by atomic mass is 10.2. The lowest BCUT2D eigenvalue weighted by molar-refractivity contribution is -0.128. The van der Waals surface area contributed by atoms with Crippen molar-refractivity contribution in [2.75, 3.05) is 60.5 Å². The van der Waals surface area contributed by atoms with Crippen molar-refractivity contribution in [3.8, 4) is 0 Å². The van der Waals surface area contributed by atoms with Crippen molar-refractivity contribution in [1.29, 1.82) is 0 Å². The summed E-state index contributed by atoms with van der Waals surface area (Å²) in [5.41, 5.74) is 0. The Kier molecular flexibility index (Phi) is 11.8. The van der Waals surface area contributed by atoms with Gasteiger partial charge in [0.15, 0.2) is 0 Å². The zero-order valence-corrected chi connectivity index (χ0v) is 14.9. The minimum atomic E-state index is 0.0659. The molecule has 0 aliphatic carbocycles. The highest BCUT2D eigenvalue weighted by Gasteiger charge is 2.03. The zero-order chi connectivity index (χ0) is 17.0. The second kappa shape index (κ2) is 12.4. The fourth-order valence-electron chi connectivity index (χ4n) is 1.86. The predicted octanol–water partition coefficient (Wildman–Crippen LogP) is 1.06. The lowest BCUT2D eigenvalue weighted by Gasteiger charge is -2.18. The standard InChI is InChI=1S/C16H33N3O3/c1-15(20)18(4)10-8-6-7-9-17(3)11-13-22-14-12-19(5)16(2)21/h6-14H2,1-5H3. The largest absolute Gasteiger partial charge is 0.378 e. The van der Waals surface area contributed by atoms with Crippen molar-refractivity contribution in [3.05, 3.63) is 0 Å². The molecule has 0 saturated heterocycles. The van der Waals surface area contributed by atoms with E-state index in [0.29, 0.717) is 19.8 Å². The Balaban J connectivity index is 3.41. The monoisotopic (exact) mass is 315 g/mol. The third-order valence-electron chi connectivity index (χ3n) is 3.80. The number of ether oxygens (including phenoxy) is 1. The van der Waals surface area contributed by atoms with Gasteiger partial charge >= 0.3 is 0 Å². The molecule has 0 N–H and O–H groups in total. The van der Waals surface area contributed by atoms with Crippen LogP contribution in [0.4, 0.5) is 0 Å². The van der Waals surface area contributed by atoms with Gasteiger partial charge in [0, 0.05) is 47.6 Å². The maximum atomic E-state index is 11.0. The second-order valence-corrected chi connectivity index (χ2v) is 5.86. The maximum Gasteiger partial charge on any atom is 0.219 e. The van der Waals surface area contributed by atoms with Crippen LogP contribution in [-0.2, 0) is 14.3 Å². The number of hydrogen-bond donors (Lipinski definition) is 0. The molecule has 0 atom stereocenters. The molecule has 22 heavy (non-hydrogen) atoms. The second-order valence-electron chi connectivity index (χ2n) is 5.86. The van der Waals surface area contributed by atoms with Gasteiger partial charge in [0.25, 0.3) is 0 Å². The fourth-order valence-corrected chi connectivity index (χ4v) is 1.86. The van der Waals surface area contributed by atoms with Gasteiger partial charge in [-0.15, -0.1) is 0 Å². The zero-order valence-electron chi connectivity index (χ0n) is 14.9. The van der Waals surface area contributed by atoms with Gasteiger partial charge in [0.1, 0.15) is 0 Å². The van der Waals surface area contributed by atoms with Crippen LogP contribution >= 0.6 is 0 Å².